The minimum atomic E-state index is -0.507. The Bertz CT molecular complexity index is 410. The van der Waals surface area contributed by atoms with E-state index in [2.05, 4.69) is 4.99 Å². The molecule has 0 fully saturated rings. The molecule has 1 rings (SSSR count). The first-order valence-corrected chi connectivity index (χ1v) is 4.89. The molecule has 2 nitrogen and oxygen atoms in total. The molecule has 15 heavy (non-hydrogen) atoms. The topological polar surface area (TPSA) is 29.4 Å². The smallest absolute Gasteiger partial charge is 0.164 e. The van der Waals surface area contributed by atoms with Crippen LogP contribution in [-0.4, -0.2) is 11.5 Å². The lowest BCUT2D eigenvalue weighted by molar-refractivity contribution is 0.101. The monoisotopic (exact) mass is 207 g/mol. The first-order chi connectivity index (χ1) is 7.06. The molecule has 80 valence electrons. The van der Waals surface area contributed by atoms with Crippen LogP contribution in [0, 0.1) is 5.82 Å². The van der Waals surface area contributed by atoms with Gasteiger partial charge in [0.1, 0.15) is 5.82 Å². The van der Waals surface area contributed by atoms with E-state index in [9.17, 15) is 9.18 Å². The Labute approximate surface area is 88.8 Å². The van der Waals surface area contributed by atoms with Crippen LogP contribution in [0.5, 0.6) is 0 Å². The summed E-state index contributed by atoms with van der Waals surface area (Å²) < 4.78 is 13.4. The molecule has 1 aromatic rings. The zero-order valence-electron chi connectivity index (χ0n) is 9.17. The van der Waals surface area contributed by atoms with Crippen LogP contribution in [0.4, 0.5) is 10.1 Å². The molecule has 0 aromatic heterocycles. The lowest BCUT2D eigenvalue weighted by atomic mass is 10.1. The van der Waals surface area contributed by atoms with Crippen LogP contribution in [0.1, 0.15) is 37.6 Å². The highest BCUT2D eigenvalue weighted by molar-refractivity contribution is 6.00. The van der Waals surface area contributed by atoms with Crippen molar-refractivity contribution in [1.82, 2.24) is 0 Å². The van der Waals surface area contributed by atoms with Crippen LogP contribution in [0.15, 0.2) is 23.2 Å². The van der Waals surface area contributed by atoms with Crippen molar-refractivity contribution in [3.8, 4) is 0 Å². The highest BCUT2D eigenvalue weighted by atomic mass is 19.1. The zero-order chi connectivity index (χ0) is 11.4. The summed E-state index contributed by atoms with van der Waals surface area (Å²) in [5.74, 6) is -0.802. The van der Waals surface area contributed by atoms with Crippen molar-refractivity contribution >= 4 is 17.2 Å². The molecule has 0 atom stereocenters. The van der Waals surface area contributed by atoms with Gasteiger partial charge in [-0.05, 0) is 32.4 Å². The molecular weight excluding hydrogens is 193 g/mol. The average Bonchev–Trinajstić information content (AvgIpc) is 2.17. The molecule has 0 N–H and O–H groups in total. The maximum atomic E-state index is 13.4. The average molecular weight is 207 g/mol. The van der Waals surface area contributed by atoms with Gasteiger partial charge >= 0.3 is 0 Å². The van der Waals surface area contributed by atoms with Crippen LogP contribution in [0.3, 0.4) is 0 Å². The van der Waals surface area contributed by atoms with Crippen molar-refractivity contribution in [2.75, 3.05) is 0 Å². The first kappa shape index (κ1) is 11.6. The number of hydrogen-bond acceptors (Lipinski definition) is 2. The highest BCUT2D eigenvalue weighted by Gasteiger charge is 2.11. The molecule has 1 aromatic carbocycles. The fraction of sp³-hybridized carbons (Fsp3) is 0.333. The summed E-state index contributed by atoms with van der Waals surface area (Å²) in [5.41, 5.74) is 1.37. The van der Waals surface area contributed by atoms with Gasteiger partial charge in [-0.3, -0.25) is 9.79 Å². The number of nitrogens with zero attached hydrogens (tertiary/aromatic N) is 1. The van der Waals surface area contributed by atoms with E-state index in [-0.39, 0.29) is 11.3 Å². The Kier molecular flexibility index (Phi) is 3.72. The molecule has 0 aliphatic heterocycles. The minimum Gasteiger partial charge on any atom is -0.294 e. The number of benzene rings is 1. The van der Waals surface area contributed by atoms with Crippen molar-refractivity contribution < 1.29 is 9.18 Å². The fourth-order valence-corrected chi connectivity index (χ4v) is 1.24. The molecule has 0 spiro atoms. The summed E-state index contributed by atoms with van der Waals surface area (Å²) in [5, 5.41) is 0. The van der Waals surface area contributed by atoms with Crippen molar-refractivity contribution in [2.24, 2.45) is 4.99 Å². The molecule has 0 unspecified atom stereocenters. The summed E-state index contributed by atoms with van der Waals surface area (Å²) >= 11 is 0. The maximum absolute atomic E-state index is 13.4. The van der Waals surface area contributed by atoms with Crippen LogP contribution in [0.25, 0.3) is 0 Å². The van der Waals surface area contributed by atoms with Crippen molar-refractivity contribution in [2.45, 2.75) is 27.2 Å². The third kappa shape index (κ3) is 2.72. The van der Waals surface area contributed by atoms with Gasteiger partial charge in [-0.1, -0.05) is 13.0 Å². The Hall–Kier alpha value is -1.51. The molecule has 3 heteroatoms. The van der Waals surface area contributed by atoms with Gasteiger partial charge in [0.25, 0.3) is 0 Å². The van der Waals surface area contributed by atoms with Crippen LogP contribution in [0.2, 0.25) is 0 Å². The van der Waals surface area contributed by atoms with Gasteiger partial charge in [0.15, 0.2) is 5.78 Å². The highest BCUT2D eigenvalue weighted by Crippen LogP contribution is 2.22. The quantitative estimate of drug-likeness (QED) is 0.550. The van der Waals surface area contributed by atoms with E-state index in [0.717, 1.165) is 12.1 Å². The molecule has 0 heterocycles. The normalized spacial score (nSPS) is 11.6. The molecular formula is C12H14FNO. The Morgan fingerprint density at radius 3 is 2.60 bits per heavy atom. The van der Waals surface area contributed by atoms with Gasteiger partial charge in [0.05, 0.1) is 11.3 Å². The van der Waals surface area contributed by atoms with Gasteiger partial charge in [0.2, 0.25) is 0 Å². The van der Waals surface area contributed by atoms with E-state index in [1.54, 1.807) is 12.1 Å². The van der Waals surface area contributed by atoms with E-state index < -0.39 is 5.82 Å². The summed E-state index contributed by atoms with van der Waals surface area (Å²) in [4.78, 5) is 15.5. The van der Waals surface area contributed by atoms with E-state index in [1.807, 2.05) is 13.8 Å². The lowest BCUT2D eigenvalue weighted by Crippen LogP contribution is -1.98. The third-order valence-corrected chi connectivity index (χ3v) is 2.17. The predicted molar refractivity (Wildman–Crippen MR) is 59.5 cm³/mol. The molecule has 0 aliphatic carbocycles. The number of Topliss-reactive ketones (excluding diaryl/α,β-unsaturated/α-hetero) is 1. The van der Waals surface area contributed by atoms with E-state index in [4.69, 9.17) is 0 Å². The fourth-order valence-electron chi connectivity index (χ4n) is 1.24. The van der Waals surface area contributed by atoms with Crippen molar-refractivity contribution in [3.63, 3.8) is 0 Å². The number of hydrogen-bond donors (Lipinski definition) is 0. The largest absolute Gasteiger partial charge is 0.294 e. The maximum Gasteiger partial charge on any atom is 0.164 e. The van der Waals surface area contributed by atoms with E-state index in [1.165, 1.54) is 13.0 Å². The van der Waals surface area contributed by atoms with Gasteiger partial charge in [0, 0.05) is 5.71 Å². The number of halogens is 1. The third-order valence-electron chi connectivity index (χ3n) is 2.17. The number of rotatable bonds is 3. The van der Waals surface area contributed by atoms with E-state index >= 15 is 0 Å². The number of ketones is 1. The SMILES string of the molecule is CCC(C)=Nc1cccc(F)c1C(C)=O. The molecule has 0 bridgehead atoms. The summed E-state index contributed by atoms with van der Waals surface area (Å²) in [7, 11) is 0. The second kappa shape index (κ2) is 4.82. The molecule has 0 radical (unpaired) electrons. The Morgan fingerprint density at radius 1 is 1.40 bits per heavy atom. The minimum absolute atomic E-state index is 0.0744. The van der Waals surface area contributed by atoms with Crippen LogP contribution < -0.4 is 0 Å². The second-order valence-corrected chi connectivity index (χ2v) is 3.39. The Morgan fingerprint density at radius 2 is 2.07 bits per heavy atom. The zero-order valence-corrected chi connectivity index (χ0v) is 9.17. The Balaban J connectivity index is 3.29. The van der Waals surface area contributed by atoms with Gasteiger partial charge in [-0.15, -0.1) is 0 Å². The summed E-state index contributed by atoms with van der Waals surface area (Å²) in [6.45, 7) is 5.17. The predicted octanol–water partition coefficient (Wildman–Crippen LogP) is 3.53. The van der Waals surface area contributed by atoms with E-state index in [0.29, 0.717) is 5.69 Å². The van der Waals surface area contributed by atoms with Crippen LogP contribution >= 0.6 is 0 Å². The van der Waals surface area contributed by atoms with Crippen molar-refractivity contribution in [3.05, 3.63) is 29.6 Å². The molecule has 0 amide bonds. The second-order valence-electron chi connectivity index (χ2n) is 3.39. The molecule has 0 saturated heterocycles. The van der Waals surface area contributed by atoms with Gasteiger partial charge in [-0.25, -0.2) is 4.39 Å². The van der Waals surface area contributed by atoms with Gasteiger partial charge in [-0.2, -0.15) is 0 Å². The van der Waals surface area contributed by atoms with Crippen molar-refractivity contribution in [1.29, 1.82) is 0 Å². The first-order valence-electron chi connectivity index (χ1n) is 4.89. The lowest BCUT2D eigenvalue weighted by Gasteiger charge is -2.04. The summed E-state index contributed by atoms with van der Waals surface area (Å²) in [6, 6.07) is 4.49. The van der Waals surface area contributed by atoms with Crippen LogP contribution in [-0.2, 0) is 0 Å². The summed E-state index contributed by atoms with van der Waals surface area (Å²) in [6.07, 6.45) is 0.786. The number of carbonyl (C=O) groups is 1. The number of carbonyl (C=O) groups excluding carboxylic acids is 1. The standard InChI is InChI=1S/C12H14FNO/c1-4-8(2)14-11-7-5-6-10(13)12(11)9(3)15/h5-7H,4H2,1-3H3. The van der Waals surface area contributed by atoms with Gasteiger partial charge < -0.3 is 0 Å². The number of aliphatic imine (C=N–C) groups is 1. The molecule has 0 aliphatic rings. The molecule has 0 saturated carbocycles.